The monoisotopic (exact) mass is 518 g/mol. The Morgan fingerprint density at radius 3 is 2.19 bits per heavy atom. The quantitative estimate of drug-likeness (QED) is 0.543. The Morgan fingerprint density at radius 2 is 1.62 bits per heavy atom. The number of hydrogen-bond acceptors (Lipinski definition) is 10. The van der Waals surface area contributed by atoms with Gasteiger partial charge < -0.3 is 28.3 Å². The zero-order valence-corrected chi connectivity index (χ0v) is 22.3. The van der Waals surface area contributed by atoms with Gasteiger partial charge in [0.15, 0.2) is 0 Å². The summed E-state index contributed by atoms with van der Waals surface area (Å²) in [6.45, 7) is 12.9. The number of anilines is 1. The summed E-state index contributed by atoms with van der Waals surface area (Å²) in [4.78, 5) is 53.5. The van der Waals surface area contributed by atoms with Crippen LogP contribution in [-0.4, -0.2) is 60.6 Å². The summed E-state index contributed by atoms with van der Waals surface area (Å²) in [5, 5.41) is 0.112. The molecule has 3 rings (SSSR count). The second kappa shape index (κ2) is 10.8. The second-order valence-corrected chi connectivity index (χ2v) is 10.6. The summed E-state index contributed by atoms with van der Waals surface area (Å²) in [5.41, 5.74) is -1.50. The van der Waals surface area contributed by atoms with Gasteiger partial charge in [0, 0.05) is 20.0 Å². The zero-order valence-electron chi connectivity index (χ0n) is 22.3. The van der Waals surface area contributed by atoms with Crippen LogP contribution in [-0.2, 0) is 25.5 Å². The van der Waals surface area contributed by atoms with E-state index in [0.29, 0.717) is 31.9 Å². The number of carbonyl (C=O) groups is 3. The van der Waals surface area contributed by atoms with Crippen molar-refractivity contribution in [3.8, 4) is 5.75 Å². The summed E-state index contributed by atoms with van der Waals surface area (Å²) < 4.78 is 27.4. The number of benzene rings is 1. The van der Waals surface area contributed by atoms with Crippen LogP contribution in [0.1, 0.15) is 54.0 Å². The lowest BCUT2D eigenvalue weighted by Gasteiger charge is -2.28. The number of rotatable bonds is 4. The van der Waals surface area contributed by atoms with Gasteiger partial charge in [0.05, 0.1) is 25.1 Å². The van der Waals surface area contributed by atoms with Gasteiger partial charge in [-0.2, -0.15) is 0 Å². The van der Waals surface area contributed by atoms with Gasteiger partial charge in [-0.05, 0) is 59.2 Å². The first-order valence-corrected chi connectivity index (χ1v) is 12.0. The van der Waals surface area contributed by atoms with E-state index in [4.69, 9.17) is 23.4 Å². The van der Waals surface area contributed by atoms with E-state index in [2.05, 4.69) is 0 Å². The highest BCUT2D eigenvalue weighted by Crippen LogP contribution is 2.31. The molecule has 1 aromatic heterocycles. The maximum Gasteiger partial charge on any atom is 0.514 e. The zero-order chi connectivity index (χ0) is 27.5. The van der Waals surface area contributed by atoms with Crippen molar-refractivity contribution in [2.45, 2.75) is 66.2 Å². The molecule has 0 unspecified atom stereocenters. The third-order valence-electron chi connectivity index (χ3n) is 5.10. The van der Waals surface area contributed by atoms with Gasteiger partial charge in [-0.1, -0.05) is 6.07 Å². The molecule has 0 bridgehead atoms. The van der Waals surface area contributed by atoms with Crippen molar-refractivity contribution in [2.24, 2.45) is 0 Å². The molecule has 1 saturated heterocycles. The summed E-state index contributed by atoms with van der Waals surface area (Å²) in [6, 6.07) is 4.70. The van der Waals surface area contributed by atoms with Crippen LogP contribution in [0.15, 0.2) is 27.4 Å². The molecule has 1 aliphatic rings. The largest absolute Gasteiger partial charge is 0.514 e. The van der Waals surface area contributed by atoms with Gasteiger partial charge in [-0.15, -0.1) is 0 Å². The van der Waals surface area contributed by atoms with Gasteiger partial charge in [0.2, 0.25) is 23.0 Å². The first-order chi connectivity index (χ1) is 17.1. The lowest BCUT2D eigenvalue weighted by atomic mass is 10.1. The number of imide groups is 1. The van der Waals surface area contributed by atoms with Crippen LogP contribution in [0, 0.1) is 0 Å². The molecular formula is C26H34N2O9. The van der Waals surface area contributed by atoms with Crippen LogP contribution >= 0.6 is 0 Å². The average Bonchev–Trinajstić information content (AvgIpc) is 2.77. The number of fused-ring (bicyclic) bond motifs is 1. The van der Waals surface area contributed by atoms with E-state index in [1.54, 1.807) is 58.6 Å². The van der Waals surface area contributed by atoms with E-state index in [1.165, 1.54) is 13.0 Å². The predicted molar refractivity (Wildman–Crippen MR) is 135 cm³/mol. The summed E-state index contributed by atoms with van der Waals surface area (Å²) in [5.74, 6) is -0.729. The first kappa shape index (κ1) is 28.0. The van der Waals surface area contributed by atoms with Crippen molar-refractivity contribution in [2.75, 3.05) is 31.2 Å². The van der Waals surface area contributed by atoms with E-state index >= 15 is 0 Å². The topological polar surface area (TPSA) is 125 Å². The first-order valence-electron chi connectivity index (χ1n) is 12.0. The van der Waals surface area contributed by atoms with E-state index < -0.39 is 34.8 Å². The average molecular weight is 519 g/mol. The summed E-state index contributed by atoms with van der Waals surface area (Å²) in [6.07, 6.45) is -1.85. The van der Waals surface area contributed by atoms with E-state index in [-0.39, 0.29) is 29.1 Å². The minimum atomic E-state index is -1.04. The molecule has 0 atom stereocenters. The standard InChI is InChI=1S/C26H34N2O9/c1-16(29)28(23(31)36-25(2,3)4)15-17-8-9-19-18(14-17)20(30)21(35-24(32)37-26(5,6)7)22(34-19)27-10-12-33-13-11-27/h8-9,14H,10-13,15H2,1-7H3. The Balaban J connectivity index is 2.03. The highest BCUT2D eigenvalue weighted by atomic mass is 16.7. The molecule has 11 heteroatoms. The van der Waals surface area contributed by atoms with Crippen molar-refractivity contribution >= 4 is 35.0 Å². The Hall–Kier alpha value is -3.60. The van der Waals surface area contributed by atoms with Gasteiger partial charge in [-0.3, -0.25) is 9.59 Å². The number of amides is 2. The molecule has 1 aromatic carbocycles. The fourth-order valence-electron chi connectivity index (χ4n) is 3.53. The van der Waals surface area contributed by atoms with Crippen LogP contribution < -0.4 is 15.1 Å². The minimum Gasteiger partial charge on any atom is -0.443 e. The van der Waals surface area contributed by atoms with Crippen molar-refractivity contribution in [1.29, 1.82) is 0 Å². The fourth-order valence-corrected chi connectivity index (χ4v) is 3.53. The third-order valence-corrected chi connectivity index (χ3v) is 5.10. The van der Waals surface area contributed by atoms with Crippen LogP contribution in [0.5, 0.6) is 5.75 Å². The predicted octanol–water partition coefficient (Wildman–Crippen LogP) is 4.23. The molecule has 0 N–H and O–H groups in total. The Bertz CT molecular complexity index is 1230. The summed E-state index contributed by atoms with van der Waals surface area (Å²) >= 11 is 0. The number of morpholine rings is 1. The van der Waals surface area contributed by atoms with E-state index in [9.17, 15) is 19.2 Å². The highest BCUT2D eigenvalue weighted by molar-refractivity contribution is 5.91. The Labute approximate surface area is 215 Å². The molecule has 0 radical (unpaired) electrons. The van der Waals surface area contributed by atoms with Crippen molar-refractivity contribution < 1.29 is 37.7 Å². The van der Waals surface area contributed by atoms with Gasteiger partial charge in [0.1, 0.15) is 16.8 Å². The van der Waals surface area contributed by atoms with Crippen molar-refractivity contribution in [3.63, 3.8) is 0 Å². The molecule has 1 aliphatic heterocycles. The molecule has 37 heavy (non-hydrogen) atoms. The molecular weight excluding hydrogens is 484 g/mol. The Morgan fingerprint density at radius 1 is 1.00 bits per heavy atom. The molecule has 1 fully saturated rings. The second-order valence-electron chi connectivity index (χ2n) is 10.6. The lowest BCUT2D eigenvalue weighted by molar-refractivity contribution is -0.128. The molecule has 2 amide bonds. The van der Waals surface area contributed by atoms with Gasteiger partial charge >= 0.3 is 12.2 Å². The normalized spacial score (nSPS) is 14.3. The molecule has 2 heterocycles. The Kier molecular flexibility index (Phi) is 8.16. The molecule has 2 aromatic rings. The highest BCUT2D eigenvalue weighted by Gasteiger charge is 2.29. The molecule has 0 spiro atoms. The SMILES string of the molecule is CC(=O)N(Cc1ccc2oc(N3CCOCC3)c(OC(=O)OC(C)(C)C)c(=O)c2c1)C(=O)OC(C)(C)C. The van der Waals surface area contributed by atoms with Crippen LogP contribution in [0.4, 0.5) is 15.5 Å². The smallest absolute Gasteiger partial charge is 0.443 e. The van der Waals surface area contributed by atoms with Crippen LogP contribution in [0.3, 0.4) is 0 Å². The van der Waals surface area contributed by atoms with Crippen LogP contribution in [0.25, 0.3) is 11.0 Å². The van der Waals surface area contributed by atoms with Crippen LogP contribution in [0.2, 0.25) is 0 Å². The molecule has 202 valence electrons. The maximum absolute atomic E-state index is 13.6. The summed E-state index contributed by atoms with van der Waals surface area (Å²) in [7, 11) is 0. The number of ether oxygens (including phenoxy) is 4. The van der Waals surface area contributed by atoms with Gasteiger partial charge in [-0.25, -0.2) is 14.5 Å². The van der Waals surface area contributed by atoms with Crippen molar-refractivity contribution in [3.05, 3.63) is 34.0 Å². The van der Waals surface area contributed by atoms with E-state index in [0.717, 1.165) is 4.90 Å². The number of hydrogen-bond donors (Lipinski definition) is 0. The van der Waals surface area contributed by atoms with Gasteiger partial charge in [0.25, 0.3) is 0 Å². The molecule has 0 saturated carbocycles. The fraction of sp³-hybridized carbons (Fsp3) is 0.538. The number of nitrogens with zero attached hydrogens (tertiary/aromatic N) is 2. The lowest BCUT2D eigenvalue weighted by Crippen LogP contribution is -2.39. The van der Waals surface area contributed by atoms with E-state index in [1.807, 2.05) is 0 Å². The minimum absolute atomic E-state index is 0.0959. The van der Waals surface area contributed by atoms with Crippen molar-refractivity contribution in [1.82, 2.24) is 4.90 Å². The molecule has 11 nitrogen and oxygen atoms in total. The molecule has 0 aliphatic carbocycles. The maximum atomic E-state index is 13.6. The number of carbonyl (C=O) groups excluding carboxylic acids is 3. The third kappa shape index (κ3) is 7.45.